The summed E-state index contributed by atoms with van der Waals surface area (Å²) in [6.07, 6.45) is 5.47. The van der Waals surface area contributed by atoms with Crippen LogP contribution in [0.2, 0.25) is 0 Å². The molecule has 0 radical (unpaired) electrons. The molecule has 2 amide bonds. The summed E-state index contributed by atoms with van der Waals surface area (Å²) in [5.74, 6) is -2.06. The second-order valence-corrected chi connectivity index (χ2v) is 13.4. The lowest BCUT2D eigenvalue weighted by Gasteiger charge is -2.39. The number of carbonyl (C=O) groups is 2. The number of aromatic nitrogens is 2. The van der Waals surface area contributed by atoms with Gasteiger partial charge < -0.3 is 5.32 Å². The summed E-state index contributed by atoms with van der Waals surface area (Å²) < 4.78 is 42.3. The highest BCUT2D eigenvalue weighted by Crippen LogP contribution is 2.65. The quantitative estimate of drug-likeness (QED) is 0.245. The molecule has 2 N–H and O–H groups in total. The average Bonchev–Trinajstić information content (AvgIpc) is 3.25. The molecule has 7 nitrogen and oxygen atoms in total. The van der Waals surface area contributed by atoms with E-state index in [2.05, 4.69) is 36.4 Å². The van der Waals surface area contributed by atoms with Crippen molar-refractivity contribution in [1.29, 1.82) is 0 Å². The molecular weight excluding hydrogens is 545 g/mol. The fraction of sp³-hybridized carbons (Fsp3) is 0.688. The molecule has 4 atom stereocenters. The number of imide groups is 1. The normalized spacial score (nSPS) is 27.1. The number of piperidine rings is 1. The van der Waals surface area contributed by atoms with Gasteiger partial charge in [0.2, 0.25) is 17.6 Å². The maximum atomic E-state index is 14.0. The van der Waals surface area contributed by atoms with Crippen LogP contribution >= 0.6 is 0 Å². The summed E-state index contributed by atoms with van der Waals surface area (Å²) in [7, 11) is 0. The molecule has 1 saturated heterocycles. The van der Waals surface area contributed by atoms with Gasteiger partial charge in [-0.15, -0.1) is 0 Å². The second kappa shape index (κ2) is 11.7. The molecule has 2 bridgehead atoms. The molecule has 3 aliphatic rings. The molecule has 2 aromatic rings. The van der Waals surface area contributed by atoms with E-state index in [1.807, 2.05) is 0 Å². The number of aryl methyl sites for hydroxylation is 1. The number of hydrogen-bond acceptors (Lipinski definition) is 5. The Hall–Kier alpha value is -2.75. The van der Waals surface area contributed by atoms with Crippen molar-refractivity contribution in [3.8, 4) is 0 Å². The second-order valence-electron chi connectivity index (χ2n) is 13.4. The fourth-order valence-electron chi connectivity index (χ4n) is 7.87. The van der Waals surface area contributed by atoms with Crippen molar-refractivity contribution in [2.75, 3.05) is 6.54 Å². The molecule has 1 aromatic heterocycles. The van der Waals surface area contributed by atoms with Crippen molar-refractivity contribution in [2.24, 2.45) is 16.7 Å². The molecule has 10 heteroatoms. The lowest BCUT2D eigenvalue weighted by molar-refractivity contribution is -0.150. The maximum Gasteiger partial charge on any atom is 0.449 e. The lowest BCUT2D eigenvalue weighted by Crippen LogP contribution is -2.46. The zero-order valence-electron chi connectivity index (χ0n) is 24.9. The van der Waals surface area contributed by atoms with E-state index in [1.165, 1.54) is 25.3 Å². The Morgan fingerprint density at radius 3 is 2.38 bits per heavy atom. The molecule has 230 valence electrons. The fourth-order valence-corrected chi connectivity index (χ4v) is 7.87. The number of rotatable bonds is 11. The first-order valence-corrected chi connectivity index (χ1v) is 15.5. The summed E-state index contributed by atoms with van der Waals surface area (Å²) in [4.78, 5) is 41.3. The largest absolute Gasteiger partial charge is 0.449 e. The molecule has 1 unspecified atom stereocenters. The third-order valence-corrected chi connectivity index (χ3v) is 10.8. The van der Waals surface area contributed by atoms with Crippen LogP contribution in [0.1, 0.15) is 109 Å². The Kier molecular flexibility index (Phi) is 8.58. The first-order valence-electron chi connectivity index (χ1n) is 15.5. The molecule has 1 aliphatic heterocycles. The lowest BCUT2D eigenvalue weighted by atomic mass is 9.69. The maximum absolute atomic E-state index is 14.0. The number of nitrogens with zero attached hydrogens (tertiary/aromatic N) is 2. The number of unbranched alkanes of at least 4 members (excludes halogenated alkanes) is 5. The minimum absolute atomic E-state index is 0.0337. The summed E-state index contributed by atoms with van der Waals surface area (Å²) in [6, 6.07) is 3.94. The Balaban J connectivity index is 1.15. The highest BCUT2D eigenvalue weighted by molar-refractivity contribution is 5.99. The van der Waals surface area contributed by atoms with Crippen LogP contribution in [0.25, 0.3) is 10.9 Å². The predicted molar refractivity (Wildman–Crippen MR) is 155 cm³/mol. The highest BCUT2D eigenvalue weighted by atomic mass is 19.4. The van der Waals surface area contributed by atoms with Crippen LogP contribution in [0.5, 0.6) is 0 Å². The van der Waals surface area contributed by atoms with E-state index < -0.39 is 35.4 Å². The summed E-state index contributed by atoms with van der Waals surface area (Å²) in [5.41, 5.74) is 0.523. The Bertz CT molecular complexity index is 1400. The number of alkyl halides is 3. The van der Waals surface area contributed by atoms with Crippen LogP contribution in [0.4, 0.5) is 13.2 Å². The molecule has 1 aromatic carbocycles. The van der Waals surface area contributed by atoms with Crippen molar-refractivity contribution in [3.63, 3.8) is 0 Å². The van der Waals surface area contributed by atoms with Crippen molar-refractivity contribution < 1.29 is 22.8 Å². The van der Waals surface area contributed by atoms with Crippen molar-refractivity contribution in [2.45, 2.75) is 116 Å². The van der Waals surface area contributed by atoms with Crippen molar-refractivity contribution in [1.82, 2.24) is 20.2 Å². The molecule has 42 heavy (non-hydrogen) atoms. The van der Waals surface area contributed by atoms with E-state index in [-0.39, 0.29) is 23.7 Å². The number of hydrogen-bond donors (Lipinski definition) is 2. The zero-order chi connectivity index (χ0) is 30.3. The minimum atomic E-state index is -4.94. The molecule has 5 rings (SSSR count). The van der Waals surface area contributed by atoms with Gasteiger partial charge in [0.1, 0.15) is 6.04 Å². The van der Waals surface area contributed by atoms with Crippen LogP contribution < -0.4 is 16.2 Å². The molecule has 2 heterocycles. The van der Waals surface area contributed by atoms with Crippen LogP contribution in [0, 0.1) is 16.7 Å². The molecule has 3 fully saturated rings. The zero-order valence-corrected chi connectivity index (χ0v) is 24.9. The molecular formula is C32H43F3N4O3. The van der Waals surface area contributed by atoms with E-state index in [9.17, 15) is 27.6 Å². The van der Waals surface area contributed by atoms with Gasteiger partial charge >= 0.3 is 6.18 Å². The average molecular weight is 589 g/mol. The molecule has 2 aliphatic carbocycles. The summed E-state index contributed by atoms with van der Waals surface area (Å²) >= 11 is 0. The van der Waals surface area contributed by atoms with Crippen LogP contribution in [0.15, 0.2) is 23.0 Å². The Morgan fingerprint density at radius 2 is 1.74 bits per heavy atom. The number of amides is 2. The molecule has 0 spiro atoms. The van der Waals surface area contributed by atoms with E-state index >= 15 is 0 Å². The number of nitrogens with one attached hydrogen (secondary N) is 2. The number of fused-ring (bicyclic) bond motifs is 3. The monoisotopic (exact) mass is 588 g/mol. The standard InChI is InChI=1S/C32H43F3N4O3/c1-30(2)21-16-17-31(30,3)24(19-21)36-18-9-7-5-4-6-8-11-20-12-10-13-22-26(20)28(42)39(29(37-22)32(33,34)35)23-14-15-25(40)38-27(23)41/h10,12-13,21,23-24,36H,4-9,11,14-19H2,1-3H3,(H,38,40,41)/t21-,23?,24+,31+/m1/s1. The van der Waals surface area contributed by atoms with Gasteiger partial charge in [-0.1, -0.05) is 58.6 Å². The van der Waals surface area contributed by atoms with Gasteiger partial charge in [-0.2, -0.15) is 13.2 Å². The first kappa shape index (κ1) is 30.7. The van der Waals surface area contributed by atoms with Crippen LogP contribution in [-0.4, -0.2) is 34.0 Å². The molecule has 2 saturated carbocycles. The Labute approximate surface area is 245 Å². The van der Waals surface area contributed by atoms with Gasteiger partial charge in [0, 0.05) is 12.5 Å². The number of benzene rings is 1. The van der Waals surface area contributed by atoms with Crippen LogP contribution in [-0.2, 0) is 22.2 Å². The topological polar surface area (TPSA) is 93.1 Å². The smallest absolute Gasteiger partial charge is 0.313 e. The SMILES string of the molecule is CC1(C)[C@@H]2CC[C@@]1(C)[C@@H](NCCCCCCCCc1cccc3nc(C(F)(F)F)n(C4CCC(=O)NC4=O)c(=O)c13)C2. The minimum Gasteiger partial charge on any atom is -0.313 e. The van der Waals surface area contributed by atoms with Crippen LogP contribution in [0.3, 0.4) is 0 Å². The van der Waals surface area contributed by atoms with Gasteiger partial charge in [-0.05, 0) is 79.9 Å². The van der Waals surface area contributed by atoms with E-state index in [0.717, 1.165) is 51.0 Å². The number of carbonyl (C=O) groups excluding carboxylic acids is 2. The first-order chi connectivity index (χ1) is 19.8. The highest BCUT2D eigenvalue weighted by Gasteiger charge is 2.60. The Morgan fingerprint density at radius 1 is 1.02 bits per heavy atom. The van der Waals surface area contributed by atoms with Gasteiger partial charge in [-0.25, -0.2) is 4.98 Å². The number of halogens is 3. The third kappa shape index (κ3) is 5.63. The predicted octanol–water partition coefficient (Wildman–Crippen LogP) is 6.08. The van der Waals surface area contributed by atoms with Gasteiger partial charge in [0.25, 0.3) is 5.56 Å². The van der Waals surface area contributed by atoms with Crippen molar-refractivity contribution >= 4 is 22.7 Å². The third-order valence-electron chi connectivity index (χ3n) is 10.8. The van der Waals surface area contributed by atoms with Gasteiger partial charge in [0.15, 0.2) is 0 Å². The summed E-state index contributed by atoms with van der Waals surface area (Å²) in [6.45, 7) is 8.39. The van der Waals surface area contributed by atoms with Gasteiger partial charge in [0.05, 0.1) is 10.9 Å². The summed E-state index contributed by atoms with van der Waals surface area (Å²) in [5, 5.41) is 6.01. The van der Waals surface area contributed by atoms with E-state index in [4.69, 9.17) is 0 Å². The van der Waals surface area contributed by atoms with Crippen molar-refractivity contribution in [3.05, 3.63) is 39.9 Å². The van der Waals surface area contributed by atoms with E-state index in [0.29, 0.717) is 33.4 Å². The van der Waals surface area contributed by atoms with Gasteiger partial charge in [-0.3, -0.25) is 24.3 Å². The van der Waals surface area contributed by atoms with E-state index in [1.54, 1.807) is 12.1 Å².